The molecule has 0 saturated carbocycles. The summed E-state index contributed by atoms with van der Waals surface area (Å²) in [5.74, 6) is -0.822. The number of Topliss-reactive ketones (excluding diaryl/α,β-unsaturated/α-hetero) is 1. The van der Waals surface area contributed by atoms with Gasteiger partial charge >= 0.3 is 5.97 Å². The minimum absolute atomic E-state index is 0.0168. The number of ketones is 1. The Hall–Kier alpha value is -0.940. The van der Waals surface area contributed by atoms with Crippen LogP contribution in [0.25, 0.3) is 0 Å². The smallest absolute Gasteiger partial charge is 0.306 e. The topological polar surface area (TPSA) is 72.8 Å². The summed E-state index contributed by atoms with van der Waals surface area (Å²) >= 11 is 0. The Morgan fingerprint density at radius 2 is 1.30 bits per heavy atom. The molecule has 0 aromatic carbocycles. The predicted molar refractivity (Wildman–Crippen MR) is 78.6 cm³/mol. The first-order valence-corrected chi connectivity index (χ1v) is 7.35. The van der Waals surface area contributed by atoms with Gasteiger partial charge in [0.15, 0.2) is 5.78 Å². The van der Waals surface area contributed by atoms with E-state index >= 15 is 0 Å². The molecule has 0 aromatic heterocycles. The van der Waals surface area contributed by atoms with Crippen LogP contribution < -0.4 is 0 Å². The van der Waals surface area contributed by atoms with E-state index in [0.717, 1.165) is 12.8 Å². The molecule has 0 heterocycles. The SMILES string of the molecule is CCOC(OCC)C(=O)[C@@H](C)CC.CC[C@H](C)C(=O)O. The van der Waals surface area contributed by atoms with Gasteiger partial charge in [-0.2, -0.15) is 0 Å². The molecule has 1 N–H and O–H groups in total. The second-order valence-corrected chi connectivity index (χ2v) is 4.60. The fourth-order valence-electron chi connectivity index (χ4n) is 1.12. The van der Waals surface area contributed by atoms with Crippen LogP contribution in [-0.4, -0.2) is 36.4 Å². The second-order valence-electron chi connectivity index (χ2n) is 4.60. The van der Waals surface area contributed by atoms with Gasteiger partial charge in [0, 0.05) is 19.1 Å². The van der Waals surface area contributed by atoms with E-state index in [-0.39, 0.29) is 17.6 Å². The molecule has 0 fully saturated rings. The van der Waals surface area contributed by atoms with Crippen LogP contribution in [0.5, 0.6) is 0 Å². The number of carbonyl (C=O) groups is 2. The van der Waals surface area contributed by atoms with Gasteiger partial charge in [-0.15, -0.1) is 0 Å². The molecule has 2 atom stereocenters. The normalized spacial score (nSPS) is 13.3. The highest BCUT2D eigenvalue weighted by Gasteiger charge is 2.23. The molecule has 0 radical (unpaired) electrons. The summed E-state index contributed by atoms with van der Waals surface area (Å²) in [5.41, 5.74) is 0. The third kappa shape index (κ3) is 9.92. The van der Waals surface area contributed by atoms with Crippen LogP contribution in [0.4, 0.5) is 0 Å². The van der Waals surface area contributed by atoms with E-state index in [1.807, 2.05) is 34.6 Å². The number of hydrogen-bond acceptors (Lipinski definition) is 4. The van der Waals surface area contributed by atoms with Crippen molar-refractivity contribution in [2.24, 2.45) is 11.8 Å². The molecule has 0 unspecified atom stereocenters. The molecular weight excluding hydrogens is 260 g/mol. The lowest BCUT2D eigenvalue weighted by atomic mass is 10.0. The van der Waals surface area contributed by atoms with Crippen molar-refractivity contribution in [1.82, 2.24) is 0 Å². The average Bonchev–Trinajstić information content (AvgIpc) is 2.44. The molecule has 0 aromatic rings. The zero-order valence-electron chi connectivity index (χ0n) is 13.6. The van der Waals surface area contributed by atoms with E-state index in [1.54, 1.807) is 6.92 Å². The minimum Gasteiger partial charge on any atom is -0.481 e. The van der Waals surface area contributed by atoms with Gasteiger partial charge in [0.25, 0.3) is 0 Å². The summed E-state index contributed by atoms with van der Waals surface area (Å²) in [6.07, 6.45) is 0.884. The van der Waals surface area contributed by atoms with Gasteiger partial charge in [-0.25, -0.2) is 0 Å². The van der Waals surface area contributed by atoms with Crippen molar-refractivity contribution < 1.29 is 24.2 Å². The number of carboxylic acid groups (broad SMARTS) is 1. The van der Waals surface area contributed by atoms with Crippen LogP contribution in [-0.2, 0) is 19.1 Å². The van der Waals surface area contributed by atoms with Gasteiger partial charge < -0.3 is 14.6 Å². The predicted octanol–water partition coefficient (Wildman–Crippen LogP) is 3.12. The zero-order chi connectivity index (χ0) is 16.1. The number of rotatable bonds is 9. The Morgan fingerprint density at radius 3 is 1.50 bits per heavy atom. The van der Waals surface area contributed by atoms with Crippen LogP contribution in [0.3, 0.4) is 0 Å². The second kappa shape index (κ2) is 13.1. The third-order valence-corrected chi connectivity index (χ3v) is 3.00. The van der Waals surface area contributed by atoms with Crippen LogP contribution >= 0.6 is 0 Å². The Morgan fingerprint density at radius 1 is 0.900 bits per heavy atom. The van der Waals surface area contributed by atoms with Gasteiger partial charge in [0.05, 0.1) is 5.92 Å². The number of ether oxygens (including phenoxy) is 2. The monoisotopic (exact) mass is 290 g/mol. The molecule has 0 spiro atoms. The van der Waals surface area contributed by atoms with E-state index in [4.69, 9.17) is 14.6 Å². The molecule has 20 heavy (non-hydrogen) atoms. The van der Waals surface area contributed by atoms with Gasteiger partial charge in [0.2, 0.25) is 6.29 Å². The standard InChI is InChI=1S/C10H20O3.C5H10O2/c1-5-8(4)9(11)10(12-6-2)13-7-3;1-3-4(2)5(6)7/h8,10H,5-7H2,1-4H3;4H,3H2,1-2H3,(H,6,7)/t8-;4-/m00/s1. The number of carboxylic acids is 1. The Labute approximate surface area is 122 Å². The number of aliphatic carboxylic acids is 1. The average molecular weight is 290 g/mol. The van der Waals surface area contributed by atoms with E-state index in [9.17, 15) is 9.59 Å². The molecule has 0 amide bonds. The minimum atomic E-state index is -0.706. The van der Waals surface area contributed by atoms with Crippen molar-refractivity contribution in [3.05, 3.63) is 0 Å². The summed E-state index contributed by atoms with van der Waals surface area (Å²) in [7, 11) is 0. The largest absolute Gasteiger partial charge is 0.481 e. The van der Waals surface area contributed by atoms with Crippen molar-refractivity contribution in [1.29, 1.82) is 0 Å². The number of carbonyl (C=O) groups excluding carboxylic acids is 1. The summed E-state index contributed by atoms with van der Waals surface area (Å²) in [6, 6.07) is 0. The molecule has 0 bridgehead atoms. The lowest BCUT2D eigenvalue weighted by Gasteiger charge is -2.18. The highest BCUT2D eigenvalue weighted by molar-refractivity contribution is 5.83. The highest BCUT2D eigenvalue weighted by Crippen LogP contribution is 2.09. The third-order valence-electron chi connectivity index (χ3n) is 3.00. The quantitative estimate of drug-likeness (QED) is 0.660. The maximum Gasteiger partial charge on any atom is 0.306 e. The van der Waals surface area contributed by atoms with Crippen LogP contribution in [0, 0.1) is 11.8 Å². The first-order chi connectivity index (χ1) is 9.35. The molecule has 0 aliphatic carbocycles. The van der Waals surface area contributed by atoms with Crippen LogP contribution in [0.1, 0.15) is 54.4 Å². The lowest BCUT2D eigenvalue weighted by Crippen LogP contribution is -2.31. The molecule has 0 aliphatic rings. The van der Waals surface area contributed by atoms with E-state index in [1.165, 1.54) is 0 Å². The molecule has 5 heteroatoms. The zero-order valence-corrected chi connectivity index (χ0v) is 13.6. The molecule has 0 aliphatic heterocycles. The fourth-order valence-corrected chi connectivity index (χ4v) is 1.12. The fraction of sp³-hybridized carbons (Fsp3) is 0.867. The molecular formula is C15H30O5. The Kier molecular flexibility index (Phi) is 14.0. The van der Waals surface area contributed by atoms with Crippen molar-refractivity contribution >= 4 is 11.8 Å². The maximum absolute atomic E-state index is 11.6. The lowest BCUT2D eigenvalue weighted by molar-refractivity contribution is -0.171. The molecule has 0 rings (SSSR count). The molecule has 0 saturated heterocycles. The molecule has 120 valence electrons. The van der Waals surface area contributed by atoms with Crippen molar-refractivity contribution in [3.8, 4) is 0 Å². The maximum atomic E-state index is 11.6. The molecule has 5 nitrogen and oxygen atoms in total. The van der Waals surface area contributed by atoms with Crippen LogP contribution in [0.15, 0.2) is 0 Å². The number of hydrogen-bond donors (Lipinski definition) is 1. The Bertz CT molecular complexity index is 259. The first-order valence-electron chi connectivity index (χ1n) is 7.35. The van der Waals surface area contributed by atoms with Gasteiger partial charge in [-0.3, -0.25) is 9.59 Å². The van der Waals surface area contributed by atoms with Crippen molar-refractivity contribution in [2.75, 3.05) is 13.2 Å². The van der Waals surface area contributed by atoms with Gasteiger partial charge in [-0.05, 0) is 26.7 Å². The van der Waals surface area contributed by atoms with Gasteiger partial charge in [-0.1, -0.05) is 27.7 Å². The van der Waals surface area contributed by atoms with E-state index < -0.39 is 12.3 Å². The Balaban J connectivity index is 0. The summed E-state index contributed by atoms with van der Waals surface area (Å²) < 4.78 is 10.4. The summed E-state index contributed by atoms with van der Waals surface area (Å²) in [6.45, 7) is 12.2. The first kappa shape index (κ1) is 21.4. The van der Waals surface area contributed by atoms with E-state index in [0.29, 0.717) is 13.2 Å². The van der Waals surface area contributed by atoms with Crippen molar-refractivity contribution in [2.45, 2.75) is 60.7 Å². The van der Waals surface area contributed by atoms with Crippen molar-refractivity contribution in [3.63, 3.8) is 0 Å². The van der Waals surface area contributed by atoms with Crippen LogP contribution in [0.2, 0.25) is 0 Å². The highest BCUT2D eigenvalue weighted by atomic mass is 16.7. The van der Waals surface area contributed by atoms with E-state index in [2.05, 4.69) is 0 Å². The summed E-state index contributed by atoms with van der Waals surface area (Å²) in [5, 5.41) is 8.18. The summed E-state index contributed by atoms with van der Waals surface area (Å²) in [4.78, 5) is 21.5. The van der Waals surface area contributed by atoms with Gasteiger partial charge in [0.1, 0.15) is 0 Å².